The Bertz CT molecular complexity index is 584. The molecule has 0 aromatic heterocycles. The van der Waals surface area contributed by atoms with Crippen molar-refractivity contribution in [3.05, 3.63) is 18.2 Å². The lowest BCUT2D eigenvalue weighted by Gasteiger charge is -2.12. The second-order valence-corrected chi connectivity index (χ2v) is 6.06. The first-order valence-electron chi connectivity index (χ1n) is 6.41. The topological polar surface area (TPSA) is 102 Å². The largest absolute Gasteiger partial charge is 0.493 e. The van der Waals surface area contributed by atoms with E-state index in [1.165, 1.54) is 13.2 Å². The second kappa shape index (κ2) is 7.72. The Balaban J connectivity index is 2.77. The number of ether oxygens (including phenoxy) is 2. The van der Waals surface area contributed by atoms with Crippen LogP contribution in [0.2, 0.25) is 0 Å². The van der Waals surface area contributed by atoms with Crippen LogP contribution in [0, 0.1) is 0 Å². The molecule has 21 heavy (non-hydrogen) atoms. The molecule has 0 atom stereocenters. The Hall–Kier alpha value is -1.96. The molecule has 8 heteroatoms. The number of carboxylic acid groups (broad SMARTS) is 1. The highest BCUT2D eigenvalue weighted by Gasteiger charge is 2.13. The van der Waals surface area contributed by atoms with Gasteiger partial charge in [-0.25, -0.2) is 8.42 Å². The minimum Gasteiger partial charge on any atom is -0.493 e. The Kier molecular flexibility index (Phi) is 6.29. The van der Waals surface area contributed by atoms with Gasteiger partial charge in [0.2, 0.25) is 10.0 Å². The van der Waals surface area contributed by atoms with Crippen molar-refractivity contribution in [2.24, 2.45) is 0 Å². The molecule has 7 nitrogen and oxygen atoms in total. The van der Waals surface area contributed by atoms with Crippen molar-refractivity contribution in [1.82, 2.24) is 0 Å². The van der Waals surface area contributed by atoms with E-state index in [0.717, 1.165) is 0 Å². The number of rotatable bonds is 9. The highest BCUT2D eigenvalue weighted by atomic mass is 32.2. The van der Waals surface area contributed by atoms with Crippen LogP contribution in [0.15, 0.2) is 18.2 Å². The van der Waals surface area contributed by atoms with Gasteiger partial charge in [0.05, 0.1) is 25.2 Å². The third kappa shape index (κ3) is 5.90. The molecule has 118 valence electrons. The molecule has 0 amide bonds. The average molecular weight is 317 g/mol. The molecule has 0 saturated heterocycles. The molecule has 0 spiro atoms. The minimum absolute atomic E-state index is 0.0547. The van der Waals surface area contributed by atoms with Crippen molar-refractivity contribution >= 4 is 21.7 Å². The summed E-state index contributed by atoms with van der Waals surface area (Å²) in [4.78, 5) is 10.4. The normalized spacial score (nSPS) is 11.0. The summed E-state index contributed by atoms with van der Waals surface area (Å²) >= 11 is 0. The lowest BCUT2D eigenvalue weighted by Crippen LogP contribution is -2.17. The second-order valence-electron chi connectivity index (χ2n) is 4.22. The van der Waals surface area contributed by atoms with Crippen LogP contribution in [0.5, 0.6) is 11.5 Å². The first-order chi connectivity index (χ1) is 9.88. The lowest BCUT2D eigenvalue weighted by atomic mass is 10.3. The molecule has 0 radical (unpaired) electrons. The molecule has 2 N–H and O–H groups in total. The number of hydrogen-bond donors (Lipinski definition) is 2. The van der Waals surface area contributed by atoms with Crippen LogP contribution in [0.25, 0.3) is 0 Å². The maximum Gasteiger partial charge on any atom is 0.303 e. The van der Waals surface area contributed by atoms with E-state index in [9.17, 15) is 13.2 Å². The van der Waals surface area contributed by atoms with Gasteiger partial charge in [0, 0.05) is 12.5 Å². The Labute approximate surface area is 123 Å². The molecule has 0 aliphatic carbocycles. The molecular weight excluding hydrogens is 298 g/mol. The molecule has 0 saturated carbocycles. The fourth-order valence-corrected chi connectivity index (χ4v) is 2.77. The molecule has 0 unspecified atom stereocenters. The summed E-state index contributed by atoms with van der Waals surface area (Å²) < 4.78 is 36.5. The van der Waals surface area contributed by atoms with E-state index in [4.69, 9.17) is 14.6 Å². The summed E-state index contributed by atoms with van der Waals surface area (Å²) in [6.07, 6.45) is -0.132. The SMILES string of the molecule is CCOc1cc(NS(=O)(=O)CCCC(=O)O)ccc1OC. The number of anilines is 1. The van der Waals surface area contributed by atoms with E-state index >= 15 is 0 Å². The van der Waals surface area contributed by atoms with Crippen molar-refractivity contribution in [1.29, 1.82) is 0 Å². The number of aliphatic carboxylic acids is 1. The quantitative estimate of drug-likeness (QED) is 0.719. The molecular formula is C13H19NO6S. The highest BCUT2D eigenvalue weighted by Crippen LogP contribution is 2.30. The van der Waals surface area contributed by atoms with Gasteiger partial charge in [0.25, 0.3) is 0 Å². The van der Waals surface area contributed by atoms with Gasteiger partial charge in [0.1, 0.15) is 0 Å². The Morgan fingerprint density at radius 1 is 1.33 bits per heavy atom. The van der Waals surface area contributed by atoms with Gasteiger partial charge in [-0.05, 0) is 25.5 Å². The number of carboxylic acids is 1. The van der Waals surface area contributed by atoms with E-state index in [0.29, 0.717) is 23.8 Å². The highest BCUT2D eigenvalue weighted by molar-refractivity contribution is 7.92. The van der Waals surface area contributed by atoms with Gasteiger partial charge in [-0.3, -0.25) is 9.52 Å². The zero-order chi connectivity index (χ0) is 15.9. The predicted molar refractivity (Wildman–Crippen MR) is 78.4 cm³/mol. The number of methoxy groups -OCH3 is 1. The van der Waals surface area contributed by atoms with Crippen molar-refractivity contribution in [2.75, 3.05) is 24.2 Å². The number of nitrogens with one attached hydrogen (secondary N) is 1. The summed E-state index contributed by atoms with van der Waals surface area (Å²) in [6.45, 7) is 2.23. The third-order valence-electron chi connectivity index (χ3n) is 2.54. The molecule has 0 aliphatic rings. The maximum atomic E-state index is 11.8. The van der Waals surface area contributed by atoms with Gasteiger partial charge in [-0.1, -0.05) is 0 Å². The summed E-state index contributed by atoms with van der Waals surface area (Å²) in [5, 5.41) is 8.51. The summed E-state index contributed by atoms with van der Waals surface area (Å²) in [6, 6.07) is 4.67. The predicted octanol–water partition coefficient (Wildman–Crippen LogP) is 1.70. The van der Waals surface area contributed by atoms with Crippen molar-refractivity contribution in [2.45, 2.75) is 19.8 Å². The minimum atomic E-state index is -3.59. The maximum absolute atomic E-state index is 11.8. The number of carbonyl (C=O) groups is 1. The molecule has 1 aromatic carbocycles. The number of benzene rings is 1. The standard InChI is InChI=1S/C13H19NO6S/c1-3-20-12-9-10(6-7-11(12)19-2)14-21(17,18)8-4-5-13(15)16/h6-7,9,14H,3-5,8H2,1-2H3,(H,15,16). The summed E-state index contributed by atoms with van der Waals surface area (Å²) in [5.74, 6) is -0.334. The van der Waals surface area contributed by atoms with Crippen LogP contribution < -0.4 is 14.2 Å². The van der Waals surface area contributed by atoms with Crippen LogP contribution in [0.3, 0.4) is 0 Å². The fraction of sp³-hybridized carbons (Fsp3) is 0.462. The smallest absolute Gasteiger partial charge is 0.303 e. The zero-order valence-electron chi connectivity index (χ0n) is 12.0. The van der Waals surface area contributed by atoms with Crippen LogP contribution in [-0.4, -0.2) is 39.0 Å². The van der Waals surface area contributed by atoms with E-state index in [1.54, 1.807) is 12.1 Å². The van der Waals surface area contributed by atoms with E-state index in [2.05, 4.69) is 4.72 Å². The van der Waals surface area contributed by atoms with Gasteiger partial charge in [0.15, 0.2) is 11.5 Å². The van der Waals surface area contributed by atoms with E-state index in [1.807, 2.05) is 6.92 Å². The number of sulfonamides is 1. The zero-order valence-corrected chi connectivity index (χ0v) is 12.8. The van der Waals surface area contributed by atoms with Crippen LogP contribution in [0.4, 0.5) is 5.69 Å². The Morgan fingerprint density at radius 2 is 2.05 bits per heavy atom. The van der Waals surface area contributed by atoms with Gasteiger partial charge >= 0.3 is 5.97 Å². The van der Waals surface area contributed by atoms with Gasteiger partial charge < -0.3 is 14.6 Å². The summed E-state index contributed by atoms with van der Waals surface area (Å²) in [7, 11) is -2.10. The molecule has 0 bridgehead atoms. The van der Waals surface area contributed by atoms with Crippen LogP contribution in [0.1, 0.15) is 19.8 Å². The first kappa shape index (κ1) is 17.1. The molecule has 0 aliphatic heterocycles. The first-order valence-corrected chi connectivity index (χ1v) is 8.06. The molecule has 0 fully saturated rings. The average Bonchev–Trinajstić information content (AvgIpc) is 2.38. The van der Waals surface area contributed by atoms with E-state index < -0.39 is 16.0 Å². The van der Waals surface area contributed by atoms with Crippen LogP contribution >= 0.6 is 0 Å². The van der Waals surface area contributed by atoms with Crippen molar-refractivity contribution in [3.8, 4) is 11.5 Å². The third-order valence-corrected chi connectivity index (χ3v) is 3.91. The van der Waals surface area contributed by atoms with E-state index in [-0.39, 0.29) is 18.6 Å². The number of hydrogen-bond acceptors (Lipinski definition) is 5. The Morgan fingerprint density at radius 3 is 2.62 bits per heavy atom. The van der Waals surface area contributed by atoms with Crippen molar-refractivity contribution in [3.63, 3.8) is 0 Å². The van der Waals surface area contributed by atoms with Crippen molar-refractivity contribution < 1.29 is 27.8 Å². The van der Waals surface area contributed by atoms with Gasteiger partial charge in [-0.2, -0.15) is 0 Å². The molecule has 1 rings (SSSR count). The fourth-order valence-electron chi connectivity index (χ4n) is 1.65. The van der Waals surface area contributed by atoms with Crippen LogP contribution in [-0.2, 0) is 14.8 Å². The monoisotopic (exact) mass is 317 g/mol. The summed E-state index contributed by atoms with van der Waals surface area (Å²) in [5.41, 5.74) is 0.342. The lowest BCUT2D eigenvalue weighted by molar-refractivity contribution is -0.137. The molecule has 1 aromatic rings. The molecule has 0 heterocycles. The van der Waals surface area contributed by atoms with Gasteiger partial charge in [-0.15, -0.1) is 0 Å².